The standard InChI is InChI=1S/C21H17NO6/c1-25-14-4-5-15(26-2)20-19(14)17(27-3)9-12-13(23)10-16(28-21(12)20)11-6-7-22-18(24)8-11/h4-10H,1-3H3,(H,22,24). The predicted molar refractivity (Wildman–Crippen MR) is 106 cm³/mol. The molecule has 0 aliphatic heterocycles. The number of benzene rings is 2. The second-order valence-electron chi connectivity index (χ2n) is 6.09. The van der Waals surface area contributed by atoms with E-state index in [0.717, 1.165) is 0 Å². The first kappa shape index (κ1) is 17.7. The summed E-state index contributed by atoms with van der Waals surface area (Å²) in [6.07, 6.45) is 1.50. The second kappa shape index (κ2) is 6.77. The Kier molecular flexibility index (Phi) is 4.27. The number of aromatic nitrogens is 1. The fraction of sp³-hybridized carbons (Fsp3) is 0.143. The molecule has 142 valence electrons. The van der Waals surface area contributed by atoms with E-state index in [4.69, 9.17) is 18.6 Å². The lowest BCUT2D eigenvalue weighted by Gasteiger charge is -2.15. The van der Waals surface area contributed by atoms with Gasteiger partial charge in [0.2, 0.25) is 5.56 Å². The molecule has 28 heavy (non-hydrogen) atoms. The summed E-state index contributed by atoms with van der Waals surface area (Å²) in [4.78, 5) is 27.1. The van der Waals surface area contributed by atoms with Crippen molar-refractivity contribution in [3.05, 3.63) is 63.2 Å². The average molecular weight is 379 g/mol. The molecule has 0 amide bonds. The first-order chi connectivity index (χ1) is 13.6. The highest BCUT2D eigenvalue weighted by atomic mass is 16.5. The molecule has 0 radical (unpaired) electrons. The van der Waals surface area contributed by atoms with Gasteiger partial charge in [0.15, 0.2) is 11.0 Å². The number of nitrogens with one attached hydrogen (secondary N) is 1. The SMILES string of the molecule is COc1ccc(OC)c2c1c(OC)cc1c(=O)cc(-c3cc[nH]c(=O)c3)oc12. The molecule has 2 aromatic heterocycles. The van der Waals surface area contributed by atoms with Gasteiger partial charge in [-0.3, -0.25) is 9.59 Å². The van der Waals surface area contributed by atoms with E-state index in [1.807, 2.05) is 0 Å². The van der Waals surface area contributed by atoms with E-state index in [2.05, 4.69) is 4.98 Å². The summed E-state index contributed by atoms with van der Waals surface area (Å²) in [7, 11) is 4.60. The van der Waals surface area contributed by atoms with Gasteiger partial charge >= 0.3 is 0 Å². The maximum absolute atomic E-state index is 12.9. The molecular weight excluding hydrogens is 362 g/mol. The highest BCUT2D eigenvalue weighted by Gasteiger charge is 2.20. The molecule has 0 spiro atoms. The molecule has 1 N–H and O–H groups in total. The summed E-state index contributed by atoms with van der Waals surface area (Å²) < 4.78 is 22.6. The zero-order chi connectivity index (χ0) is 19.8. The molecule has 4 rings (SSSR count). The minimum atomic E-state index is -0.293. The fourth-order valence-electron chi connectivity index (χ4n) is 3.30. The minimum Gasteiger partial charge on any atom is -0.496 e. The number of pyridine rings is 1. The lowest BCUT2D eigenvalue weighted by molar-refractivity contribution is 0.400. The summed E-state index contributed by atoms with van der Waals surface area (Å²) >= 11 is 0. The molecule has 0 fully saturated rings. The number of rotatable bonds is 4. The molecule has 2 aromatic carbocycles. The third-order valence-corrected chi connectivity index (χ3v) is 4.58. The number of hydrogen-bond donors (Lipinski definition) is 1. The number of aromatic amines is 1. The van der Waals surface area contributed by atoms with Crippen molar-refractivity contribution in [2.45, 2.75) is 0 Å². The van der Waals surface area contributed by atoms with Crippen LogP contribution in [-0.2, 0) is 0 Å². The van der Waals surface area contributed by atoms with Gasteiger partial charge in [-0.2, -0.15) is 0 Å². The van der Waals surface area contributed by atoms with Crippen LogP contribution >= 0.6 is 0 Å². The average Bonchev–Trinajstić information content (AvgIpc) is 2.72. The number of ether oxygens (including phenoxy) is 3. The lowest BCUT2D eigenvalue weighted by Crippen LogP contribution is -2.05. The van der Waals surface area contributed by atoms with Crippen LogP contribution in [0.25, 0.3) is 33.1 Å². The van der Waals surface area contributed by atoms with Gasteiger partial charge in [0.05, 0.1) is 37.5 Å². The highest BCUT2D eigenvalue weighted by Crippen LogP contribution is 2.43. The topological polar surface area (TPSA) is 90.8 Å². The Balaban J connectivity index is 2.21. The van der Waals surface area contributed by atoms with Crippen molar-refractivity contribution in [3.8, 4) is 28.6 Å². The monoisotopic (exact) mass is 379 g/mol. The Morgan fingerprint density at radius 2 is 1.50 bits per heavy atom. The number of hydrogen-bond acceptors (Lipinski definition) is 6. The quantitative estimate of drug-likeness (QED) is 0.547. The van der Waals surface area contributed by atoms with Gasteiger partial charge in [0.1, 0.15) is 23.0 Å². The van der Waals surface area contributed by atoms with Crippen molar-refractivity contribution in [2.75, 3.05) is 21.3 Å². The van der Waals surface area contributed by atoms with Gasteiger partial charge < -0.3 is 23.6 Å². The first-order valence-electron chi connectivity index (χ1n) is 8.46. The Bertz CT molecular complexity index is 1320. The van der Waals surface area contributed by atoms with Crippen molar-refractivity contribution in [2.24, 2.45) is 0 Å². The second-order valence-corrected chi connectivity index (χ2v) is 6.09. The number of H-pyrrole nitrogens is 1. The molecule has 7 nitrogen and oxygen atoms in total. The van der Waals surface area contributed by atoms with E-state index in [1.165, 1.54) is 32.5 Å². The van der Waals surface area contributed by atoms with Crippen LogP contribution in [0.1, 0.15) is 0 Å². The van der Waals surface area contributed by atoms with Gasteiger partial charge in [0.25, 0.3) is 0 Å². The van der Waals surface area contributed by atoms with E-state index in [1.54, 1.807) is 31.4 Å². The molecule has 4 aromatic rings. The summed E-state index contributed by atoms with van der Waals surface area (Å²) in [6.45, 7) is 0. The Morgan fingerprint density at radius 3 is 2.14 bits per heavy atom. The van der Waals surface area contributed by atoms with Crippen LogP contribution < -0.4 is 25.2 Å². The van der Waals surface area contributed by atoms with Gasteiger partial charge in [-0.15, -0.1) is 0 Å². The molecule has 0 unspecified atom stereocenters. The molecule has 2 heterocycles. The molecule has 0 saturated heterocycles. The van der Waals surface area contributed by atoms with Crippen molar-refractivity contribution in [1.29, 1.82) is 0 Å². The van der Waals surface area contributed by atoms with Crippen LogP contribution in [0, 0.1) is 0 Å². The zero-order valence-corrected chi connectivity index (χ0v) is 15.5. The van der Waals surface area contributed by atoms with Crippen molar-refractivity contribution in [3.63, 3.8) is 0 Å². The van der Waals surface area contributed by atoms with Crippen LogP contribution in [-0.4, -0.2) is 26.3 Å². The van der Waals surface area contributed by atoms with E-state index < -0.39 is 0 Å². The predicted octanol–water partition coefficient (Wildman–Crippen LogP) is 3.33. The normalized spacial score (nSPS) is 11.0. The molecular formula is C21H17NO6. The fourth-order valence-corrected chi connectivity index (χ4v) is 3.30. The maximum atomic E-state index is 12.9. The van der Waals surface area contributed by atoms with Crippen molar-refractivity contribution < 1.29 is 18.6 Å². The molecule has 0 atom stereocenters. The minimum absolute atomic E-state index is 0.262. The van der Waals surface area contributed by atoms with Crippen LogP contribution in [0.4, 0.5) is 0 Å². The Morgan fingerprint density at radius 1 is 0.821 bits per heavy atom. The number of methoxy groups -OCH3 is 3. The van der Waals surface area contributed by atoms with Gasteiger partial charge in [0, 0.05) is 23.9 Å². The van der Waals surface area contributed by atoms with E-state index in [-0.39, 0.29) is 16.7 Å². The molecule has 0 bridgehead atoms. The molecule has 7 heteroatoms. The Hall–Kier alpha value is -3.74. The smallest absolute Gasteiger partial charge is 0.248 e. The third kappa shape index (κ3) is 2.68. The van der Waals surface area contributed by atoms with E-state index in [0.29, 0.717) is 44.6 Å². The van der Waals surface area contributed by atoms with Gasteiger partial charge in [-0.1, -0.05) is 0 Å². The van der Waals surface area contributed by atoms with Crippen LogP contribution in [0.2, 0.25) is 0 Å². The van der Waals surface area contributed by atoms with Crippen molar-refractivity contribution >= 4 is 21.7 Å². The number of fused-ring (bicyclic) bond motifs is 3. The van der Waals surface area contributed by atoms with Gasteiger partial charge in [-0.25, -0.2) is 0 Å². The van der Waals surface area contributed by atoms with Crippen LogP contribution in [0.15, 0.2) is 56.6 Å². The van der Waals surface area contributed by atoms with Crippen LogP contribution in [0.3, 0.4) is 0 Å². The van der Waals surface area contributed by atoms with E-state index >= 15 is 0 Å². The van der Waals surface area contributed by atoms with Crippen LogP contribution in [0.5, 0.6) is 17.2 Å². The van der Waals surface area contributed by atoms with E-state index in [9.17, 15) is 9.59 Å². The maximum Gasteiger partial charge on any atom is 0.248 e. The third-order valence-electron chi connectivity index (χ3n) is 4.58. The summed E-state index contributed by atoms with van der Waals surface area (Å²) in [6, 6.07) is 9.50. The molecule has 0 saturated carbocycles. The summed E-state index contributed by atoms with van der Waals surface area (Å²) in [5.41, 5.74) is 0.267. The lowest BCUT2D eigenvalue weighted by atomic mass is 10.0. The molecule has 0 aliphatic carbocycles. The van der Waals surface area contributed by atoms with Gasteiger partial charge in [-0.05, 0) is 24.3 Å². The summed E-state index contributed by atoms with van der Waals surface area (Å²) in [5, 5.41) is 1.52. The zero-order valence-electron chi connectivity index (χ0n) is 15.5. The Labute approximate surface area is 159 Å². The van der Waals surface area contributed by atoms with Crippen molar-refractivity contribution in [1.82, 2.24) is 4.98 Å². The largest absolute Gasteiger partial charge is 0.496 e. The first-order valence-corrected chi connectivity index (χ1v) is 8.46. The summed E-state index contributed by atoms with van der Waals surface area (Å²) in [5.74, 6) is 1.80. The highest BCUT2D eigenvalue weighted by molar-refractivity contribution is 6.13. The molecule has 0 aliphatic rings.